The van der Waals surface area contributed by atoms with Crippen LogP contribution in [0.25, 0.3) is 0 Å². The van der Waals surface area contributed by atoms with E-state index in [-0.39, 0.29) is 12.5 Å². The average molecular weight is 215 g/mol. The molecule has 0 unspecified atom stereocenters. The molecule has 2 N–H and O–H groups in total. The van der Waals surface area contributed by atoms with E-state index in [0.29, 0.717) is 17.8 Å². The van der Waals surface area contributed by atoms with Crippen molar-refractivity contribution < 1.29 is 4.79 Å². The zero-order valence-corrected chi connectivity index (χ0v) is 8.86. The number of para-hydroxylation sites is 1. The van der Waals surface area contributed by atoms with Gasteiger partial charge >= 0.3 is 0 Å². The molecule has 0 aliphatic heterocycles. The molecule has 0 radical (unpaired) electrons. The molecule has 4 nitrogen and oxygen atoms in total. The van der Waals surface area contributed by atoms with E-state index in [9.17, 15) is 4.79 Å². The van der Waals surface area contributed by atoms with Crippen LogP contribution < -0.4 is 10.6 Å². The molecule has 0 fully saturated rings. The van der Waals surface area contributed by atoms with Crippen LogP contribution in [-0.4, -0.2) is 19.0 Å². The lowest BCUT2D eigenvalue weighted by molar-refractivity contribution is -0.115. The molecule has 0 aliphatic carbocycles. The van der Waals surface area contributed by atoms with E-state index in [1.807, 2.05) is 6.07 Å². The second kappa shape index (κ2) is 6.38. The first kappa shape index (κ1) is 12.0. The molecule has 1 rings (SSSR count). The lowest BCUT2D eigenvalue weighted by atomic mass is 10.2. The number of nitriles is 1. The summed E-state index contributed by atoms with van der Waals surface area (Å²) in [7, 11) is 0. The highest BCUT2D eigenvalue weighted by atomic mass is 16.1. The van der Waals surface area contributed by atoms with Crippen LogP contribution in [0.15, 0.2) is 36.9 Å². The summed E-state index contributed by atoms with van der Waals surface area (Å²) in [4.78, 5) is 11.4. The summed E-state index contributed by atoms with van der Waals surface area (Å²) in [5.41, 5.74) is 0.995. The Bertz CT molecular complexity index is 421. The van der Waals surface area contributed by atoms with E-state index in [0.717, 1.165) is 0 Å². The first-order chi connectivity index (χ1) is 7.77. The van der Waals surface area contributed by atoms with Crippen LogP contribution >= 0.6 is 0 Å². The van der Waals surface area contributed by atoms with Crippen LogP contribution in [0.2, 0.25) is 0 Å². The van der Waals surface area contributed by atoms with E-state index in [1.54, 1.807) is 30.3 Å². The van der Waals surface area contributed by atoms with Crippen molar-refractivity contribution in [3.05, 3.63) is 42.5 Å². The molecule has 0 atom stereocenters. The zero-order valence-electron chi connectivity index (χ0n) is 8.86. The Morgan fingerprint density at radius 3 is 2.94 bits per heavy atom. The molecule has 4 heteroatoms. The molecule has 0 spiro atoms. The number of rotatable bonds is 5. The predicted molar refractivity (Wildman–Crippen MR) is 62.9 cm³/mol. The molecule has 0 aliphatic rings. The zero-order chi connectivity index (χ0) is 11.8. The maximum Gasteiger partial charge on any atom is 0.238 e. The standard InChI is InChI=1S/C12H13N3O/c1-2-7-14-9-12(16)15-11-6-4-3-5-10(11)8-13/h2-6,14H,1,7,9H2,(H,15,16). The summed E-state index contributed by atoms with van der Waals surface area (Å²) in [5.74, 6) is -0.176. The van der Waals surface area contributed by atoms with Gasteiger partial charge in [0.05, 0.1) is 17.8 Å². The molecule has 1 aromatic rings. The Kier molecular flexibility index (Phi) is 4.77. The first-order valence-corrected chi connectivity index (χ1v) is 4.88. The van der Waals surface area contributed by atoms with Crippen LogP contribution in [-0.2, 0) is 4.79 Å². The van der Waals surface area contributed by atoms with Gasteiger partial charge in [0.25, 0.3) is 0 Å². The van der Waals surface area contributed by atoms with Gasteiger partial charge in [-0.05, 0) is 12.1 Å². The minimum atomic E-state index is -0.176. The topological polar surface area (TPSA) is 64.9 Å². The average Bonchev–Trinajstić information content (AvgIpc) is 2.30. The lowest BCUT2D eigenvalue weighted by Crippen LogP contribution is -2.28. The molecular formula is C12H13N3O. The van der Waals surface area contributed by atoms with E-state index in [1.165, 1.54) is 0 Å². The normalized spacial score (nSPS) is 9.19. The molecule has 1 aromatic carbocycles. The van der Waals surface area contributed by atoms with Crippen LogP contribution in [0.4, 0.5) is 5.69 Å². The summed E-state index contributed by atoms with van der Waals surface area (Å²) in [6.07, 6.45) is 1.68. The van der Waals surface area contributed by atoms with Gasteiger partial charge < -0.3 is 10.6 Å². The van der Waals surface area contributed by atoms with Crippen molar-refractivity contribution in [2.24, 2.45) is 0 Å². The molecule has 0 saturated heterocycles. The highest BCUT2D eigenvalue weighted by molar-refractivity contribution is 5.93. The highest BCUT2D eigenvalue weighted by Crippen LogP contribution is 2.12. The number of benzene rings is 1. The smallest absolute Gasteiger partial charge is 0.238 e. The van der Waals surface area contributed by atoms with Crippen LogP contribution in [0, 0.1) is 11.3 Å². The Morgan fingerprint density at radius 1 is 1.50 bits per heavy atom. The maximum atomic E-state index is 11.4. The number of carbonyl (C=O) groups excluding carboxylic acids is 1. The molecule has 16 heavy (non-hydrogen) atoms. The molecule has 1 amide bonds. The van der Waals surface area contributed by atoms with Crippen LogP contribution in [0.5, 0.6) is 0 Å². The third kappa shape index (κ3) is 3.56. The monoisotopic (exact) mass is 215 g/mol. The summed E-state index contributed by atoms with van der Waals surface area (Å²) >= 11 is 0. The lowest BCUT2D eigenvalue weighted by Gasteiger charge is -2.06. The Balaban J connectivity index is 2.56. The minimum Gasteiger partial charge on any atom is -0.324 e. The van der Waals surface area contributed by atoms with Crippen molar-refractivity contribution in [1.29, 1.82) is 5.26 Å². The highest BCUT2D eigenvalue weighted by Gasteiger charge is 2.04. The third-order valence-corrected chi connectivity index (χ3v) is 1.90. The van der Waals surface area contributed by atoms with Crippen molar-refractivity contribution in [3.8, 4) is 6.07 Å². The van der Waals surface area contributed by atoms with Gasteiger partial charge in [0, 0.05) is 6.54 Å². The second-order valence-corrected chi connectivity index (χ2v) is 3.13. The summed E-state index contributed by atoms with van der Waals surface area (Å²) < 4.78 is 0. The number of amides is 1. The Hall–Kier alpha value is -2.12. The molecule has 0 saturated carbocycles. The fourth-order valence-corrected chi connectivity index (χ4v) is 1.17. The number of nitrogens with zero attached hydrogens (tertiary/aromatic N) is 1. The number of nitrogens with one attached hydrogen (secondary N) is 2. The molecule has 0 aromatic heterocycles. The van der Waals surface area contributed by atoms with E-state index in [2.05, 4.69) is 17.2 Å². The second-order valence-electron chi connectivity index (χ2n) is 3.13. The fraction of sp³-hybridized carbons (Fsp3) is 0.167. The van der Waals surface area contributed by atoms with Gasteiger partial charge in [0.2, 0.25) is 5.91 Å². The van der Waals surface area contributed by atoms with Crippen molar-refractivity contribution >= 4 is 11.6 Å². The van der Waals surface area contributed by atoms with Gasteiger partial charge in [-0.2, -0.15) is 5.26 Å². The predicted octanol–water partition coefficient (Wildman–Crippen LogP) is 1.27. The van der Waals surface area contributed by atoms with Crippen molar-refractivity contribution in [3.63, 3.8) is 0 Å². The van der Waals surface area contributed by atoms with Crippen LogP contribution in [0.3, 0.4) is 0 Å². The molecule has 82 valence electrons. The van der Waals surface area contributed by atoms with Crippen LogP contribution in [0.1, 0.15) is 5.56 Å². The van der Waals surface area contributed by atoms with Gasteiger partial charge in [0.15, 0.2) is 0 Å². The van der Waals surface area contributed by atoms with Gasteiger partial charge in [-0.1, -0.05) is 18.2 Å². The van der Waals surface area contributed by atoms with E-state index in [4.69, 9.17) is 5.26 Å². The number of anilines is 1. The van der Waals surface area contributed by atoms with Crippen molar-refractivity contribution in [2.45, 2.75) is 0 Å². The maximum absolute atomic E-state index is 11.4. The van der Waals surface area contributed by atoms with Gasteiger partial charge in [-0.15, -0.1) is 6.58 Å². The SMILES string of the molecule is C=CCNCC(=O)Nc1ccccc1C#N. The number of hydrogen-bond acceptors (Lipinski definition) is 3. The van der Waals surface area contributed by atoms with E-state index >= 15 is 0 Å². The van der Waals surface area contributed by atoms with Gasteiger partial charge in [-0.25, -0.2) is 0 Å². The van der Waals surface area contributed by atoms with Crippen molar-refractivity contribution in [1.82, 2.24) is 5.32 Å². The minimum absolute atomic E-state index is 0.176. The van der Waals surface area contributed by atoms with E-state index < -0.39 is 0 Å². The fourth-order valence-electron chi connectivity index (χ4n) is 1.17. The number of hydrogen-bond donors (Lipinski definition) is 2. The number of carbonyl (C=O) groups is 1. The summed E-state index contributed by atoms with van der Waals surface area (Å²) in [6.45, 7) is 4.31. The van der Waals surface area contributed by atoms with Gasteiger partial charge in [0.1, 0.15) is 6.07 Å². The Morgan fingerprint density at radius 2 is 2.25 bits per heavy atom. The van der Waals surface area contributed by atoms with Gasteiger partial charge in [-0.3, -0.25) is 4.79 Å². The molecular weight excluding hydrogens is 202 g/mol. The first-order valence-electron chi connectivity index (χ1n) is 4.88. The summed E-state index contributed by atoms with van der Waals surface area (Å²) in [6, 6.07) is 8.90. The summed E-state index contributed by atoms with van der Waals surface area (Å²) in [5, 5.41) is 14.4. The largest absolute Gasteiger partial charge is 0.324 e. The Labute approximate surface area is 94.6 Å². The third-order valence-electron chi connectivity index (χ3n) is 1.90. The quantitative estimate of drug-likeness (QED) is 0.574. The molecule has 0 heterocycles. The van der Waals surface area contributed by atoms with Crippen molar-refractivity contribution in [2.75, 3.05) is 18.4 Å². The molecule has 0 bridgehead atoms.